The summed E-state index contributed by atoms with van der Waals surface area (Å²) in [5.41, 5.74) is 0.520. The second-order valence-corrected chi connectivity index (χ2v) is 4.21. The maximum atomic E-state index is 12.0. The van der Waals surface area contributed by atoms with E-state index in [0.29, 0.717) is 35.9 Å². The second-order valence-electron chi connectivity index (χ2n) is 4.21. The molecule has 0 aliphatic carbocycles. The number of nitriles is 1. The van der Waals surface area contributed by atoms with Crippen molar-refractivity contribution in [3.05, 3.63) is 23.8 Å². The molecule has 21 heavy (non-hydrogen) atoms. The molecule has 6 nitrogen and oxygen atoms in total. The summed E-state index contributed by atoms with van der Waals surface area (Å²) in [5, 5.41) is 8.69. The Kier molecular flexibility index (Phi) is 4.67. The molecule has 6 heteroatoms. The van der Waals surface area contributed by atoms with Crippen molar-refractivity contribution in [3.63, 3.8) is 0 Å². The van der Waals surface area contributed by atoms with E-state index >= 15 is 0 Å². The van der Waals surface area contributed by atoms with E-state index in [4.69, 9.17) is 19.5 Å². The Morgan fingerprint density at radius 1 is 1.43 bits per heavy atom. The quantitative estimate of drug-likeness (QED) is 0.797. The molecule has 1 aliphatic rings. The second kappa shape index (κ2) is 6.66. The summed E-state index contributed by atoms with van der Waals surface area (Å²) in [7, 11) is 0. The maximum absolute atomic E-state index is 12.0. The number of amides is 1. The van der Waals surface area contributed by atoms with E-state index in [1.54, 1.807) is 23.1 Å². The van der Waals surface area contributed by atoms with Crippen LogP contribution in [0.3, 0.4) is 0 Å². The molecule has 0 aromatic heterocycles. The lowest BCUT2D eigenvalue weighted by molar-refractivity contribution is 0.157. The number of rotatable bonds is 4. The average molecular weight is 288 g/mol. The van der Waals surface area contributed by atoms with Gasteiger partial charge in [-0.1, -0.05) is 0 Å². The fraction of sp³-hybridized carbons (Fsp3) is 0.333. The summed E-state index contributed by atoms with van der Waals surface area (Å²) in [5.74, 6) is 1.38. The molecule has 1 aromatic rings. The smallest absolute Gasteiger partial charge is 0.415 e. The van der Waals surface area contributed by atoms with E-state index in [1.807, 2.05) is 19.9 Å². The summed E-state index contributed by atoms with van der Waals surface area (Å²) in [4.78, 5) is 13.6. The number of hydrogen-bond donors (Lipinski definition) is 0. The van der Waals surface area contributed by atoms with Crippen molar-refractivity contribution in [1.82, 2.24) is 4.90 Å². The predicted octanol–water partition coefficient (Wildman–Crippen LogP) is 2.79. The summed E-state index contributed by atoms with van der Waals surface area (Å²) >= 11 is 0. The average Bonchev–Trinajstić information content (AvgIpc) is 2.96. The van der Waals surface area contributed by atoms with Gasteiger partial charge < -0.3 is 19.1 Å². The molecule has 0 N–H and O–H groups in total. The lowest BCUT2D eigenvalue weighted by Gasteiger charge is -2.19. The maximum Gasteiger partial charge on any atom is 0.415 e. The highest BCUT2D eigenvalue weighted by molar-refractivity contribution is 5.76. The number of fused-ring (bicyclic) bond motifs is 1. The van der Waals surface area contributed by atoms with Crippen LogP contribution in [0.5, 0.6) is 17.2 Å². The van der Waals surface area contributed by atoms with Gasteiger partial charge in [-0.25, -0.2) is 4.79 Å². The first-order valence-electron chi connectivity index (χ1n) is 6.66. The summed E-state index contributed by atoms with van der Waals surface area (Å²) in [6.45, 7) is 4.98. The van der Waals surface area contributed by atoms with Gasteiger partial charge in [0.25, 0.3) is 0 Å². The zero-order valence-corrected chi connectivity index (χ0v) is 12.0. The lowest BCUT2D eigenvalue weighted by atomic mass is 10.1. The van der Waals surface area contributed by atoms with Gasteiger partial charge in [-0.15, -0.1) is 0 Å². The Morgan fingerprint density at radius 2 is 2.19 bits per heavy atom. The van der Waals surface area contributed by atoms with E-state index in [9.17, 15) is 4.79 Å². The van der Waals surface area contributed by atoms with Gasteiger partial charge in [0, 0.05) is 19.2 Å². The largest absolute Gasteiger partial charge is 0.454 e. The Bertz CT molecular complexity index is 600. The Balaban J connectivity index is 2.33. The zero-order valence-electron chi connectivity index (χ0n) is 12.0. The first kappa shape index (κ1) is 14.7. The van der Waals surface area contributed by atoms with Crippen LogP contribution in [0.2, 0.25) is 0 Å². The predicted molar refractivity (Wildman–Crippen MR) is 76.2 cm³/mol. The standard InChI is InChI=1S/C15H16N2O4/c1-3-17(4-2)15(18)21-12-7-8-13-14(20-10-19-13)11(12)6-5-9-16/h5-8H,3-4,10H2,1-2H3/b6-5+. The van der Waals surface area contributed by atoms with Gasteiger partial charge in [-0.2, -0.15) is 5.26 Å². The summed E-state index contributed by atoms with van der Waals surface area (Å²) < 4.78 is 16.1. The molecule has 0 spiro atoms. The SMILES string of the molecule is CCN(CC)C(=O)Oc1ccc2c(c1/C=C/C#N)OCO2. The third-order valence-electron chi connectivity index (χ3n) is 3.08. The number of carbonyl (C=O) groups excluding carboxylic acids is 1. The van der Waals surface area contributed by atoms with Crippen molar-refractivity contribution in [2.75, 3.05) is 19.9 Å². The number of ether oxygens (including phenoxy) is 3. The monoisotopic (exact) mass is 288 g/mol. The van der Waals surface area contributed by atoms with Crippen LogP contribution in [-0.2, 0) is 0 Å². The van der Waals surface area contributed by atoms with Crippen LogP contribution in [-0.4, -0.2) is 30.9 Å². The van der Waals surface area contributed by atoms with Crippen LogP contribution in [0.1, 0.15) is 19.4 Å². The normalized spacial score (nSPS) is 12.2. The number of benzene rings is 1. The van der Waals surface area contributed by atoms with Gasteiger partial charge in [0.05, 0.1) is 11.6 Å². The molecule has 0 saturated carbocycles. The molecule has 2 rings (SSSR count). The number of hydrogen-bond acceptors (Lipinski definition) is 5. The van der Waals surface area contributed by atoms with Crippen LogP contribution in [0.15, 0.2) is 18.2 Å². The van der Waals surface area contributed by atoms with Crippen molar-refractivity contribution in [1.29, 1.82) is 5.26 Å². The molecule has 1 aliphatic heterocycles. The van der Waals surface area contributed by atoms with Gasteiger partial charge in [0.15, 0.2) is 11.5 Å². The van der Waals surface area contributed by atoms with E-state index in [0.717, 1.165) is 0 Å². The number of allylic oxidation sites excluding steroid dienone is 1. The molecular formula is C15H16N2O4. The minimum absolute atomic E-state index is 0.107. The van der Waals surface area contributed by atoms with Crippen molar-refractivity contribution >= 4 is 12.2 Å². The molecule has 0 bridgehead atoms. The van der Waals surface area contributed by atoms with Crippen LogP contribution >= 0.6 is 0 Å². The minimum Gasteiger partial charge on any atom is -0.454 e. The van der Waals surface area contributed by atoms with Crippen LogP contribution in [0.4, 0.5) is 4.79 Å². The molecule has 110 valence electrons. The van der Waals surface area contributed by atoms with E-state index < -0.39 is 6.09 Å². The molecule has 0 radical (unpaired) electrons. The molecule has 1 amide bonds. The summed E-state index contributed by atoms with van der Waals surface area (Å²) in [6, 6.07) is 5.21. The van der Waals surface area contributed by atoms with Crippen LogP contribution in [0.25, 0.3) is 6.08 Å². The van der Waals surface area contributed by atoms with E-state index in [-0.39, 0.29) is 6.79 Å². The number of carbonyl (C=O) groups is 1. The minimum atomic E-state index is -0.439. The van der Waals surface area contributed by atoms with Gasteiger partial charge in [-0.3, -0.25) is 0 Å². The molecule has 1 heterocycles. The third kappa shape index (κ3) is 3.08. The molecule has 0 atom stereocenters. The fourth-order valence-corrected chi connectivity index (χ4v) is 1.98. The molecule has 0 fully saturated rings. The van der Waals surface area contributed by atoms with Crippen LogP contribution in [0, 0.1) is 11.3 Å². The first-order valence-corrected chi connectivity index (χ1v) is 6.66. The third-order valence-corrected chi connectivity index (χ3v) is 3.08. The molecule has 0 unspecified atom stereocenters. The Labute approximate surface area is 123 Å². The van der Waals surface area contributed by atoms with Crippen molar-refractivity contribution in [2.45, 2.75) is 13.8 Å². The zero-order chi connectivity index (χ0) is 15.2. The fourth-order valence-electron chi connectivity index (χ4n) is 1.98. The van der Waals surface area contributed by atoms with E-state index in [1.165, 1.54) is 6.08 Å². The summed E-state index contributed by atoms with van der Waals surface area (Å²) in [6.07, 6.45) is 2.40. The number of nitrogens with zero attached hydrogens (tertiary/aromatic N) is 2. The molecular weight excluding hydrogens is 272 g/mol. The molecule has 1 aromatic carbocycles. The Morgan fingerprint density at radius 3 is 2.86 bits per heavy atom. The van der Waals surface area contributed by atoms with Crippen molar-refractivity contribution in [3.8, 4) is 23.3 Å². The lowest BCUT2D eigenvalue weighted by Crippen LogP contribution is -2.33. The van der Waals surface area contributed by atoms with Crippen molar-refractivity contribution < 1.29 is 19.0 Å². The highest BCUT2D eigenvalue weighted by atomic mass is 16.7. The van der Waals surface area contributed by atoms with Crippen LogP contribution < -0.4 is 14.2 Å². The van der Waals surface area contributed by atoms with Gasteiger partial charge in [-0.05, 0) is 32.1 Å². The van der Waals surface area contributed by atoms with Gasteiger partial charge in [0.1, 0.15) is 5.75 Å². The highest BCUT2D eigenvalue weighted by Gasteiger charge is 2.22. The van der Waals surface area contributed by atoms with Crippen molar-refractivity contribution in [2.24, 2.45) is 0 Å². The van der Waals surface area contributed by atoms with Gasteiger partial charge in [0.2, 0.25) is 6.79 Å². The molecule has 0 saturated heterocycles. The van der Waals surface area contributed by atoms with E-state index in [2.05, 4.69) is 0 Å². The highest BCUT2D eigenvalue weighted by Crippen LogP contribution is 2.41. The Hall–Kier alpha value is -2.68. The topological polar surface area (TPSA) is 71.8 Å². The first-order chi connectivity index (χ1) is 10.2. The van der Waals surface area contributed by atoms with Gasteiger partial charge >= 0.3 is 6.09 Å².